The number of morpholine rings is 1. The number of carbonyl (C=O) groups excluding carboxylic acids is 1. The third kappa shape index (κ3) is 5.23. The first-order valence-corrected chi connectivity index (χ1v) is 10.6. The average Bonchev–Trinajstić information content (AvgIpc) is 3.21. The van der Waals surface area contributed by atoms with Crippen LogP contribution in [0.25, 0.3) is 5.82 Å². The molecule has 3 aromatic rings. The van der Waals surface area contributed by atoms with Gasteiger partial charge in [0.25, 0.3) is 5.91 Å². The van der Waals surface area contributed by atoms with Gasteiger partial charge in [-0.1, -0.05) is 18.2 Å². The second-order valence-electron chi connectivity index (χ2n) is 7.74. The Morgan fingerprint density at radius 2 is 1.88 bits per heavy atom. The molecule has 1 aliphatic heterocycles. The van der Waals surface area contributed by atoms with E-state index in [0.717, 1.165) is 12.1 Å². The zero-order valence-electron chi connectivity index (χ0n) is 18.0. The highest BCUT2D eigenvalue weighted by Crippen LogP contribution is 2.31. The monoisotopic (exact) mass is 459 g/mol. The maximum atomic E-state index is 13.0. The number of nitrogens with zero attached hydrogens (tertiary/aromatic N) is 4. The van der Waals surface area contributed by atoms with Crippen molar-refractivity contribution in [3.8, 4) is 5.82 Å². The zero-order valence-corrected chi connectivity index (χ0v) is 18.0. The van der Waals surface area contributed by atoms with Gasteiger partial charge in [0.1, 0.15) is 0 Å². The fourth-order valence-electron chi connectivity index (χ4n) is 3.87. The van der Waals surface area contributed by atoms with E-state index in [4.69, 9.17) is 4.74 Å². The molecule has 1 aliphatic rings. The number of aromatic nitrogens is 3. The van der Waals surface area contributed by atoms with Crippen LogP contribution < -0.4 is 5.32 Å². The Balaban J connectivity index is 1.51. The van der Waals surface area contributed by atoms with Crippen molar-refractivity contribution in [2.24, 2.45) is 0 Å². The first kappa shape index (κ1) is 22.9. The van der Waals surface area contributed by atoms with Crippen LogP contribution in [0.15, 0.2) is 54.9 Å². The Kier molecular flexibility index (Phi) is 6.75. The van der Waals surface area contributed by atoms with Crippen molar-refractivity contribution < 1.29 is 22.7 Å². The molecule has 0 spiro atoms. The molecule has 1 unspecified atom stereocenters. The van der Waals surface area contributed by atoms with Crippen molar-refractivity contribution in [3.05, 3.63) is 77.2 Å². The fourth-order valence-corrected chi connectivity index (χ4v) is 3.87. The number of nitrogens with one attached hydrogen (secondary N) is 1. The van der Waals surface area contributed by atoms with Gasteiger partial charge < -0.3 is 10.1 Å². The number of amides is 1. The molecule has 4 rings (SSSR count). The van der Waals surface area contributed by atoms with Crippen LogP contribution in [0, 0.1) is 6.92 Å². The van der Waals surface area contributed by atoms with Crippen LogP contribution in [-0.2, 0) is 10.9 Å². The van der Waals surface area contributed by atoms with Crippen LogP contribution in [-0.4, -0.2) is 58.4 Å². The predicted molar refractivity (Wildman–Crippen MR) is 115 cm³/mol. The Hall–Kier alpha value is -3.24. The predicted octanol–water partition coefficient (Wildman–Crippen LogP) is 3.40. The van der Waals surface area contributed by atoms with Crippen LogP contribution in [0.3, 0.4) is 0 Å². The molecular weight excluding hydrogens is 435 g/mol. The molecule has 0 saturated carbocycles. The summed E-state index contributed by atoms with van der Waals surface area (Å²) in [5.74, 6) is 0.296. The minimum atomic E-state index is -4.40. The normalized spacial score (nSPS) is 15.9. The molecule has 0 aliphatic carbocycles. The van der Waals surface area contributed by atoms with E-state index in [0.29, 0.717) is 48.9 Å². The van der Waals surface area contributed by atoms with Crippen molar-refractivity contribution in [2.75, 3.05) is 32.8 Å². The van der Waals surface area contributed by atoms with E-state index >= 15 is 0 Å². The van der Waals surface area contributed by atoms with E-state index in [1.54, 1.807) is 29.9 Å². The Bertz CT molecular complexity index is 1080. The minimum Gasteiger partial charge on any atom is -0.379 e. The summed E-state index contributed by atoms with van der Waals surface area (Å²) in [7, 11) is 0. The van der Waals surface area contributed by atoms with Gasteiger partial charge in [-0.05, 0) is 36.8 Å². The summed E-state index contributed by atoms with van der Waals surface area (Å²) in [5, 5.41) is 7.20. The second-order valence-corrected chi connectivity index (χ2v) is 7.74. The molecule has 1 atom stereocenters. The van der Waals surface area contributed by atoms with E-state index < -0.39 is 11.7 Å². The van der Waals surface area contributed by atoms with Crippen LogP contribution in [0.1, 0.15) is 33.2 Å². The van der Waals surface area contributed by atoms with E-state index in [1.807, 2.05) is 6.07 Å². The van der Waals surface area contributed by atoms with Crippen molar-refractivity contribution in [3.63, 3.8) is 0 Å². The molecule has 3 heterocycles. The van der Waals surface area contributed by atoms with Gasteiger partial charge in [-0.25, -0.2) is 9.67 Å². The van der Waals surface area contributed by atoms with E-state index in [2.05, 4.69) is 20.3 Å². The SMILES string of the molecule is Cc1c(C(=O)NCC(c2ccc(C(F)(F)F)cc2)N2CCOCC2)cnn1-c1ccccn1. The van der Waals surface area contributed by atoms with Gasteiger partial charge in [-0.2, -0.15) is 18.3 Å². The van der Waals surface area contributed by atoms with Crippen LogP contribution in [0.4, 0.5) is 13.2 Å². The number of hydrogen-bond acceptors (Lipinski definition) is 5. The molecule has 1 amide bonds. The summed E-state index contributed by atoms with van der Waals surface area (Å²) in [6.45, 7) is 4.32. The number of pyridine rings is 1. The van der Waals surface area contributed by atoms with Gasteiger partial charge >= 0.3 is 6.18 Å². The summed E-state index contributed by atoms with van der Waals surface area (Å²) in [6, 6.07) is 10.2. The third-order valence-corrected chi connectivity index (χ3v) is 5.69. The summed E-state index contributed by atoms with van der Waals surface area (Å²) >= 11 is 0. The maximum Gasteiger partial charge on any atom is 0.416 e. The third-order valence-electron chi connectivity index (χ3n) is 5.69. The van der Waals surface area contributed by atoms with Crippen LogP contribution >= 0.6 is 0 Å². The molecule has 10 heteroatoms. The summed E-state index contributed by atoms with van der Waals surface area (Å²) < 4.78 is 45.9. The van der Waals surface area contributed by atoms with Crippen molar-refractivity contribution >= 4 is 5.91 Å². The molecule has 174 valence electrons. The van der Waals surface area contributed by atoms with Gasteiger partial charge in [0.2, 0.25) is 0 Å². The lowest BCUT2D eigenvalue weighted by atomic mass is 10.0. The van der Waals surface area contributed by atoms with Crippen molar-refractivity contribution in [1.82, 2.24) is 25.0 Å². The largest absolute Gasteiger partial charge is 0.416 e. The number of alkyl halides is 3. The number of rotatable bonds is 6. The molecule has 1 fully saturated rings. The topological polar surface area (TPSA) is 72.3 Å². The summed E-state index contributed by atoms with van der Waals surface area (Å²) in [5.41, 5.74) is 1.05. The highest BCUT2D eigenvalue weighted by Gasteiger charge is 2.31. The molecule has 33 heavy (non-hydrogen) atoms. The number of hydrogen-bond donors (Lipinski definition) is 1. The fraction of sp³-hybridized carbons (Fsp3) is 0.348. The molecule has 2 aromatic heterocycles. The highest BCUT2D eigenvalue weighted by atomic mass is 19.4. The van der Waals surface area contributed by atoms with E-state index in [9.17, 15) is 18.0 Å². The molecule has 7 nitrogen and oxygen atoms in total. The minimum absolute atomic E-state index is 0.235. The lowest BCUT2D eigenvalue weighted by Gasteiger charge is -2.35. The Morgan fingerprint density at radius 1 is 1.15 bits per heavy atom. The summed E-state index contributed by atoms with van der Waals surface area (Å²) in [4.78, 5) is 19.3. The van der Waals surface area contributed by atoms with Gasteiger partial charge in [0.15, 0.2) is 5.82 Å². The Morgan fingerprint density at radius 3 is 2.52 bits per heavy atom. The average molecular weight is 459 g/mol. The lowest BCUT2D eigenvalue weighted by molar-refractivity contribution is -0.137. The number of ether oxygens (including phenoxy) is 1. The van der Waals surface area contributed by atoms with Gasteiger partial charge in [-0.15, -0.1) is 0 Å². The quantitative estimate of drug-likeness (QED) is 0.612. The smallest absolute Gasteiger partial charge is 0.379 e. The molecule has 0 bridgehead atoms. The summed E-state index contributed by atoms with van der Waals surface area (Å²) in [6.07, 6.45) is -1.26. The number of carbonyl (C=O) groups is 1. The number of halogens is 3. The molecule has 0 radical (unpaired) electrons. The second kappa shape index (κ2) is 9.72. The van der Waals surface area contributed by atoms with Gasteiger partial charge in [0, 0.05) is 25.8 Å². The maximum absolute atomic E-state index is 13.0. The van der Waals surface area contributed by atoms with Gasteiger partial charge in [0.05, 0.1) is 42.3 Å². The lowest BCUT2D eigenvalue weighted by Crippen LogP contribution is -2.43. The highest BCUT2D eigenvalue weighted by molar-refractivity contribution is 5.95. The van der Waals surface area contributed by atoms with Crippen molar-refractivity contribution in [2.45, 2.75) is 19.1 Å². The van der Waals surface area contributed by atoms with Gasteiger partial charge in [-0.3, -0.25) is 9.69 Å². The van der Waals surface area contributed by atoms with Crippen molar-refractivity contribution in [1.29, 1.82) is 0 Å². The van der Waals surface area contributed by atoms with E-state index in [-0.39, 0.29) is 18.5 Å². The molecular formula is C23H24F3N5O2. The standard InChI is InChI=1S/C23H24F3N5O2/c1-16-19(14-29-31(16)21-4-2-3-9-27-21)22(32)28-15-20(30-10-12-33-13-11-30)17-5-7-18(8-6-17)23(24,25)26/h2-9,14,20H,10-13,15H2,1H3,(H,28,32). The Labute approximate surface area is 189 Å². The zero-order chi connectivity index (χ0) is 23.4. The molecule has 1 N–H and O–H groups in total. The first-order valence-electron chi connectivity index (χ1n) is 10.6. The molecule has 1 aromatic carbocycles. The van der Waals surface area contributed by atoms with E-state index in [1.165, 1.54) is 18.3 Å². The van der Waals surface area contributed by atoms with Crippen LogP contribution in [0.5, 0.6) is 0 Å². The molecule has 1 saturated heterocycles. The number of benzene rings is 1. The first-order chi connectivity index (χ1) is 15.8. The van der Waals surface area contributed by atoms with Crippen LogP contribution in [0.2, 0.25) is 0 Å².